The third-order valence-corrected chi connectivity index (χ3v) is 2.94. The number of carboxylic acid groups (broad SMARTS) is 2. The molecule has 2 atom stereocenters. The van der Waals surface area contributed by atoms with Crippen molar-refractivity contribution in [2.75, 3.05) is 11.5 Å². The summed E-state index contributed by atoms with van der Waals surface area (Å²) in [5, 5.41) is 19.6. The number of hydrogen-bond acceptors (Lipinski definition) is 5. The van der Waals surface area contributed by atoms with Gasteiger partial charge in [0.1, 0.15) is 12.1 Å². The number of carbonyl (C=O) groups is 3. The van der Waals surface area contributed by atoms with Gasteiger partial charge in [0.15, 0.2) is 0 Å². The Morgan fingerprint density at radius 3 is 2.29 bits per heavy atom. The van der Waals surface area contributed by atoms with E-state index in [0.29, 0.717) is 5.75 Å². The Hall–Kier alpha value is -1.28. The summed E-state index contributed by atoms with van der Waals surface area (Å²) in [5.74, 6) is -2.00. The Morgan fingerprint density at radius 2 is 1.88 bits per heavy atom. The van der Waals surface area contributed by atoms with Crippen LogP contribution in [0.3, 0.4) is 0 Å². The quantitative estimate of drug-likeness (QED) is 0.418. The fourth-order valence-electron chi connectivity index (χ4n) is 0.955. The van der Waals surface area contributed by atoms with Crippen LogP contribution >= 0.6 is 11.8 Å². The first kappa shape index (κ1) is 15.7. The molecule has 0 aromatic carbocycles. The lowest BCUT2D eigenvalue weighted by atomic mass is 10.2. The molecule has 0 aromatic heterocycles. The molecule has 0 spiro atoms. The van der Waals surface area contributed by atoms with Gasteiger partial charge in [-0.2, -0.15) is 11.8 Å². The first-order valence-electron chi connectivity index (χ1n) is 4.90. The van der Waals surface area contributed by atoms with Crippen LogP contribution in [-0.2, 0) is 14.4 Å². The van der Waals surface area contributed by atoms with Gasteiger partial charge in [-0.05, 0) is 12.2 Å². The molecule has 0 radical (unpaired) electrons. The summed E-state index contributed by atoms with van der Waals surface area (Å²) in [6.45, 7) is 1.24. The monoisotopic (exact) mass is 264 g/mol. The smallest absolute Gasteiger partial charge is 0.327 e. The van der Waals surface area contributed by atoms with Crippen molar-refractivity contribution in [2.24, 2.45) is 5.73 Å². The molecule has 0 fully saturated rings. The summed E-state index contributed by atoms with van der Waals surface area (Å²) in [4.78, 5) is 31.8. The second-order valence-electron chi connectivity index (χ2n) is 3.40. The fraction of sp³-hybridized carbons (Fsp3) is 0.667. The third kappa shape index (κ3) is 7.58. The van der Waals surface area contributed by atoms with Crippen LogP contribution in [0.25, 0.3) is 0 Å². The van der Waals surface area contributed by atoms with Crippen LogP contribution in [0.5, 0.6) is 0 Å². The van der Waals surface area contributed by atoms with E-state index in [1.165, 1.54) is 18.7 Å². The maximum Gasteiger partial charge on any atom is 0.327 e. The second kappa shape index (κ2) is 7.91. The van der Waals surface area contributed by atoms with Crippen LogP contribution in [0.1, 0.15) is 13.3 Å². The van der Waals surface area contributed by atoms with Gasteiger partial charge < -0.3 is 21.3 Å². The van der Waals surface area contributed by atoms with E-state index >= 15 is 0 Å². The number of amides is 1. The second-order valence-corrected chi connectivity index (χ2v) is 4.55. The highest BCUT2D eigenvalue weighted by molar-refractivity contribution is 7.99. The minimum absolute atomic E-state index is 0.182. The lowest BCUT2D eigenvalue weighted by Crippen LogP contribution is -2.41. The maximum absolute atomic E-state index is 10.7. The molecule has 8 heteroatoms. The van der Waals surface area contributed by atoms with Crippen LogP contribution in [0, 0.1) is 0 Å². The van der Waals surface area contributed by atoms with Gasteiger partial charge in [0, 0.05) is 12.7 Å². The molecule has 0 aromatic rings. The molecule has 0 heterocycles. The molecule has 0 rings (SSSR count). The van der Waals surface area contributed by atoms with Crippen molar-refractivity contribution in [3.63, 3.8) is 0 Å². The minimum Gasteiger partial charge on any atom is -0.480 e. The predicted molar refractivity (Wildman–Crippen MR) is 62.8 cm³/mol. The summed E-state index contributed by atoms with van der Waals surface area (Å²) in [6.07, 6.45) is 0.256. The molecule has 0 aliphatic heterocycles. The number of nitrogens with two attached hydrogens (primary N) is 1. The lowest BCUT2D eigenvalue weighted by molar-refractivity contribution is -0.141. The van der Waals surface area contributed by atoms with Gasteiger partial charge in [0.25, 0.3) is 0 Å². The number of nitrogens with one attached hydrogen (secondary N) is 1. The van der Waals surface area contributed by atoms with E-state index in [2.05, 4.69) is 5.32 Å². The van der Waals surface area contributed by atoms with Gasteiger partial charge in [-0.15, -0.1) is 0 Å². The van der Waals surface area contributed by atoms with E-state index in [9.17, 15) is 14.4 Å². The summed E-state index contributed by atoms with van der Waals surface area (Å²) >= 11 is 1.24. The Kier molecular flexibility index (Phi) is 7.31. The van der Waals surface area contributed by atoms with Crippen LogP contribution < -0.4 is 11.1 Å². The zero-order chi connectivity index (χ0) is 13.4. The molecule has 98 valence electrons. The molecule has 5 N–H and O–H groups in total. The summed E-state index contributed by atoms with van der Waals surface area (Å²) < 4.78 is 0. The first-order valence-corrected chi connectivity index (χ1v) is 6.06. The number of carboxylic acids is 2. The maximum atomic E-state index is 10.7. The van der Waals surface area contributed by atoms with Crippen molar-refractivity contribution in [1.29, 1.82) is 0 Å². The van der Waals surface area contributed by atoms with Gasteiger partial charge in [-0.25, -0.2) is 4.79 Å². The van der Waals surface area contributed by atoms with Crippen molar-refractivity contribution in [2.45, 2.75) is 25.4 Å². The van der Waals surface area contributed by atoms with Gasteiger partial charge in [-0.1, -0.05) is 0 Å². The van der Waals surface area contributed by atoms with E-state index in [1.54, 1.807) is 0 Å². The Labute approximate surface area is 103 Å². The first-order chi connectivity index (χ1) is 7.84. The Balaban J connectivity index is 3.87. The lowest BCUT2D eigenvalue weighted by Gasteiger charge is -2.13. The van der Waals surface area contributed by atoms with Crippen LogP contribution in [0.15, 0.2) is 0 Å². The molecule has 7 nitrogen and oxygen atoms in total. The molecule has 0 saturated carbocycles. The van der Waals surface area contributed by atoms with Crippen molar-refractivity contribution in [1.82, 2.24) is 5.32 Å². The number of aliphatic carboxylic acids is 2. The predicted octanol–water partition coefficient (Wildman–Crippen LogP) is -0.889. The zero-order valence-corrected chi connectivity index (χ0v) is 10.2. The summed E-state index contributed by atoms with van der Waals surface area (Å²) in [6, 6.07) is -1.90. The standard InChI is InChI=1S/C9H16N2O5S/c1-5(12)11-7(9(15)16)4-17-3-2-6(10)8(13)14/h6-7H,2-4,10H2,1H3,(H,11,12)(H,13,14)(H,15,16)/t6-,7?/m0/s1. The zero-order valence-electron chi connectivity index (χ0n) is 9.38. The molecule has 0 aliphatic carbocycles. The van der Waals surface area contributed by atoms with Crippen LogP contribution in [-0.4, -0.2) is 51.6 Å². The highest BCUT2D eigenvalue weighted by Crippen LogP contribution is 2.07. The van der Waals surface area contributed by atoms with Crippen molar-refractivity contribution in [3.8, 4) is 0 Å². The van der Waals surface area contributed by atoms with Crippen molar-refractivity contribution in [3.05, 3.63) is 0 Å². The van der Waals surface area contributed by atoms with Gasteiger partial charge in [0.2, 0.25) is 5.91 Å². The average Bonchev–Trinajstić information content (AvgIpc) is 2.21. The van der Waals surface area contributed by atoms with E-state index in [-0.39, 0.29) is 12.2 Å². The Morgan fingerprint density at radius 1 is 1.29 bits per heavy atom. The van der Waals surface area contributed by atoms with Gasteiger partial charge in [0.05, 0.1) is 0 Å². The van der Waals surface area contributed by atoms with Gasteiger partial charge >= 0.3 is 11.9 Å². The number of hydrogen-bond donors (Lipinski definition) is 4. The molecule has 1 amide bonds. The summed E-state index contributed by atoms with van der Waals surface area (Å²) in [7, 11) is 0. The van der Waals surface area contributed by atoms with Gasteiger partial charge in [-0.3, -0.25) is 9.59 Å². The highest BCUT2D eigenvalue weighted by atomic mass is 32.2. The van der Waals surface area contributed by atoms with E-state index in [4.69, 9.17) is 15.9 Å². The average molecular weight is 264 g/mol. The third-order valence-electron chi connectivity index (χ3n) is 1.85. The SMILES string of the molecule is CC(=O)NC(CSCC[C@H](N)C(=O)O)C(=O)O. The Bertz CT molecular complexity index is 297. The topological polar surface area (TPSA) is 130 Å². The normalized spacial score (nSPS) is 13.8. The molecule has 0 saturated heterocycles. The van der Waals surface area contributed by atoms with E-state index in [1.807, 2.05) is 0 Å². The number of thioether (sulfide) groups is 1. The molecular formula is C9H16N2O5S. The number of rotatable bonds is 8. The molecular weight excluding hydrogens is 248 g/mol. The van der Waals surface area contributed by atoms with Crippen molar-refractivity contribution >= 4 is 29.6 Å². The van der Waals surface area contributed by atoms with Crippen molar-refractivity contribution < 1.29 is 24.6 Å². The fourth-order valence-corrected chi connectivity index (χ4v) is 2.00. The largest absolute Gasteiger partial charge is 0.480 e. The van der Waals surface area contributed by atoms with Crippen LogP contribution in [0.4, 0.5) is 0 Å². The summed E-state index contributed by atoms with van der Waals surface area (Å²) in [5.41, 5.74) is 5.27. The molecule has 0 bridgehead atoms. The molecule has 0 aliphatic rings. The van der Waals surface area contributed by atoms with Crippen LogP contribution in [0.2, 0.25) is 0 Å². The molecule has 1 unspecified atom stereocenters. The van der Waals surface area contributed by atoms with E-state index < -0.39 is 29.9 Å². The van der Waals surface area contributed by atoms with E-state index in [0.717, 1.165) is 0 Å². The number of carbonyl (C=O) groups excluding carboxylic acids is 1. The minimum atomic E-state index is -1.12. The molecule has 17 heavy (non-hydrogen) atoms. The highest BCUT2D eigenvalue weighted by Gasteiger charge is 2.18.